The van der Waals surface area contributed by atoms with Gasteiger partial charge in [0, 0.05) is 10.7 Å². The summed E-state index contributed by atoms with van der Waals surface area (Å²) in [6.45, 7) is 2.53. The summed E-state index contributed by atoms with van der Waals surface area (Å²) < 4.78 is 5.32. The van der Waals surface area contributed by atoms with Gasteiger partial charge in [-0.1, -0.05) is 33.6 Å². The number of rotatable bonds is 4. The van der Waals surface area contributed by atoms with E-state index < -0.39 is 0 Å². The van der Waals surface area contributed by atoms with Gasteiger partial charge in [-0.15, -0.1) is 0 Å². The highest BCUT2D eigenvalue weighted by Gasteiger charge is 2.42. The number of hydrogen-bond acceptors (Lipinski definition) is 2. The lowest BCUT2D eigenvalue weighted by Crippen LogP contribution is -2.16. The van der Waals surface area contributed by atoms with Crippen molar-refractivity contribution in [2.45, 2.75) is 19.8 Å². The first kappa shape index (κ1) is 11.6. The fourth-order valence-corrected chi connectivity index (χ4v) is 2.21. The fourth-order valence-electron chi connectivity index (χ4n) is 1.48. The number of benzene rings is 1. The summed E-state index contributed by atoms with van der Waals surface area (Å²) in [7, 11) is 0. The van der Waals surface area contributed by atoms with Crippen LogP contribution in [0.25, 0.3) is 0 Å². The lowest BCUT2D eigenvalue weighted by molar-refractivity contribution is 0.0434. The highest BCUT2D eigenvalue weighted by Crippen LogP contribution is 2.47. The van der Waals surface area contributed by atoms with E-state index in [0.29, 0.717) is 12.2 Å². The topological polar surface area (TPSA) is 26.3 Å². The van der Waals surface area contributed by atoms with Gasteiger partial charge in [-0.05, 0) is 31.9 Å². The molecule has 1 aliphatic carbocycles. The van der Waals surface area contributed by atoms with Gasteiger partial charge in [0.2, 0.25) is 0 Å². The molecule has 1 aromatic carbocycles. The first-order valence-corrected chi connectivity index (χ1v) is 6.57. The van der Waals surface area contributed by atoms with Crippen LogP contribution in [0.5, 0.6) is 0 Å². The van der Waals surface area contributed by atoms with E-state index in [9.17, 15) is 4.79 Å². The van der Waals surface area contributed by atoms with E-state index >= 15 is 0 Å². The average Bonchev–Trinajstić information content (AvgIpc) is 3.08. The van der Waals surface area contributed by atoms with E-state index in [0.717, 1.165) is 23.7 Å². The SMILES string of the molecule is Cc1ccc(C(=O)OCC2(CBr)CC2)cc1. The maximum Gasteiger partial charge on any atom is 0.338 e. The van der Waals surface area contributed by atoms with Gasteiger partial charge in [0.15, 0.2) is 0 Å². The van der Waals surface area contributed by atoms with Crippen molar-refractivity contribution in [1.29, 1.82) is 0 Å². The Bertz CT molecular complexity index is 379. The summed E-state index contributed by atoms with van der Waals surface area (Å²) in [6.07, 6.45) is 2.30. The van der Waals surface area contributed by atoms with Gasteiger partial charge in [-0.25, -0.2) is 4.79 Å². The molecule has 0 spiro atoms. The van der Waals surface area contributed by atoms with Crippen LogP contribution < -0.4 is 0 Å². The van der Waals surface area contributed by atoms with Gasteiger partial charge >= 0.3 is 5.97 Å². The van der Waals surface area contributed by atoms with Gasteiger partial charge in [0.25, 0.3) is 0 Å². The molecule has 0 unspecified atom stereocenters. The molecule has 0 atom stereocenters. The molecule has 1 aromatic rings. The number of esters is 1. The predicted octanol–water partition coefficient (Wildman–Crippen LogP) is 3.33. The van der Waals surface area contributed by atoms with Crippen molar-refractivity contribution in [2.75, 3.05) is 11.9 Å². The summed E-state index contributed by atoms with van der Waals surface area (Å²) in [4.78, 5) is 11.7. The molecule has 0 amide bonds. The molecule has 0 heterocycles. The van der Waals surface area contributed by atoms with Gasteiger partial charge in [-0.3, -0.25) is 0 Å². The van der Waals surface area contributed by atoms with Crippen molar-refractivity contribution < 1.29 is 9.53 Å². The van der Waals surface area contributed by atoms with Crippen LogP contribution in [0.3, 0.4) is 0 Å². The monoisotopic (exact) mass is 282 g/mol. The maximum absolute atomic E-state index is 11.7. The van der Waals surface area contributed by atoms with E-state index in [1.54, 1.807) is 0 Å². The van der Waals surface area contributed by atoms with Crippen LogP contribution in [0.4, 0.5) is 0 Å². The highest BCUT2D eigenvalue weighted by molar-refractivity contribution is 9.09. The molecule has 3 heteroatoms. The van der Waals surface area contributed by atoms with Crippen molar-refractivity contribution in [2.24, 2.45) is 5.41 Å². The third-order valence-corrected chi connectivity index (χ3v) is 4.23. The number of hydrogen-bond donors (Lipinski definition) is 0. The Labute approximate surface area is 104 Å². The summed E-state index contributed by atoms with van der Waals surface area (Å²) in [6, 6.07) is 7.47. The summed E-state index contributed by atoms with van der Waals surface area (Å²) in [5.41, 5.74) is 2.01. The number of aryl methyl sites for hydroxylation is 1. The second-order valence-electron chi connectivity index (χ2n) is 4.58. The summed E-state index contributed by atoms with van der Waals surface area (Å²) in [5, 5.41) is 0.918. The van der Waals surface area contributed by atoms with Crippen molar-refractivity contribution in [3.63, 3.8) is 0 Å². The van der Waals surface area contributed by atoms with Crippen molar-refractivity contribution in [3.05, 3.63) is 35.4 Å². The minimum absolute atomic E-state index is 0.216. The summed E-state index contributed by atoms with van der Waals surface area (Å²) in [5.74, 6) is -0.216. The Kier molecular flexibility index (Phi) is 3.33. The van der Waals surface area contributed by atoms with Gasteiger partial charge in [0.1, 0.15) is 0 Å². The second-order valence-corrected chi connectivity index (χ2v) is 5.14. The van der Waals surface area contributed by atoms with Gasteiger partial charge in [-0.2, -0.15) is 0 Å². The second kappa shape index (κ2) is 4.58. The highest BCUT2D eigenvalue weighted by atomic mass is 79.9. The molecule has 86 valence electrons. The zero-order valence-corrected chi connectivity index (χ0v) is 10.9. The van der Waals surface area contributed by atoms with E-state index in [1.807, 2.05) is 31.2 Å². The number of carbonyl (C=O) groups excluding carboxylic acids is 1. The Morgan fingerprint density at radius 3 is 2.50 bits per heavy atom. The number of halogens is 1. The fraction of sp³-hybridized carbons (Fsp3) is 0.462. The molecule has 0 aromatic heterocycles. The van der Waals surface area contributed by atoms with Gasteiger partial charge in [0.05, 0.1) is 12.2 Å². The molecular formula is C13H15BrO2. The van der Waals surface area contributed by atoms with Crippen molar-refractivity contribution >= 4 is 21.9 Å². The molecule has 2 rings (SSSR count). The summed E-state index contributed by atoms with van der Waals surface area (Å²) >= 11 is 3.46. The molecule has 0 N–H and O–H groups in total. The molecule has 0 saturated heterocycles. The predicted molar refractivity (Wildman–Crippen MR) is 66.9 cm³/mol. The molecule has 1 saturated carbocycles. The molecule has 0 radical (unpaired) electrons. The minimum atomic E-state index is -0.216. The van der Waals surface area contributed by atoms with E-state index in [-0.39, 0.29) is 11.4 Å². The van der Waals surface area contributed by atoms with Crippen LogP contribution >= 0.6 is 15.9 Å². The zero-order valence-electron chi connectivity index (χ0n) is 9.33. The average molecular weight is 283 g/mol. The lowest BCUT2D eigenvalue weighted by Gasteiger charge is -2.11. The van der Waals surface area contributed by atoms with E-state index in [2.05, 4.69) is 15.9 Å². The normalized spacial score (nSPS) is 16.9. The molecule has 0 bridgehead atoms. The molecule has 0 aliphatic heterocycles. The molecule has 1 fully saturated rings. The third-order valence-electron chi connectivity index (χ3n) is 3.04. The van der Waals surface area contributed by atoms with Crippen molar-refractivity contribution in [1.82, 2.24) is 0 Å². The molecule has 2 nitrogen and oxygen atoms in total. The number of ether oxygens (including phenoxy) is 1. The largest absolute Gasteiger partial charge is 0.461 e. The third kappa shape index (κ3) is 2.64. The number of carbonyl (C=O) groups is 1. The Balaban J connectivity index is 1.91. The van der Waals surface area contributed by atoms with E-state index in [1.165, 1.54) is 0 Å². The number of alkyl halides is 1. The molecule has 16 heavy (non-hydrogen) atoms. The van der Waals surface area contributed by atoms with Crippen molar-refractivity contribution in [3.8, 4) is 0 Å². The Hall–Kier alpha value is -0.830. The van der Waals surface area contributed by atoms with Crippen LogP contribution in [0.15, 0.2) is 24.3 Å². The smallest absolute Gasteiger partial charge is 0.338 e. The standard InChI is InChI=1S/C13H15BrO2/c1-10-2-4-11(5-3-10)12(15)16-9-13(8-14)6-7-13/h2-5H,6-9H2,1H3. The Morgan fingerprint density at radius 1 is 1.38 bits per heavy atom. The quantitative estimate of drug-likeness (QED) is 0.626. The Morgan fingerprint density at radius 2 is 2.00 bits per heavy atom. The molecule has 1 aliphatic rings. The van der Waals surface area contributed by atoms with Crippen LogP contribution in [-0.2, 0) is 4.74 Å². The van der Waals surface area contributed by atoms with Crippen LogP contribution in [0, 0.1) is 12.3 Å². The maximum atomic E-state index is 11.7. The first-order chi connectivity index (χ1) is 7.65. The zero-order chi connectivity index (χ0) is 11.6. The van der Waals surface area contributed by atoms with Crippen LogP contribution in [0.1, 0.15) is 28.8 Å². The lowest BCUT2D eigenvalue weighted by atomic mass is 10.1. The molecular weight excluding hydrogens is 268 g/mol. The minimum Gasteiger partial charge on any atom is -0.461 e. The van der Waals surface area contributed by atoms with Crippen LogP contribution in [0.2, 0.25) is 0 Å². The van der Waals surface area contributed by atoms with E-state index in [4.69, 9.17) is 4.74 Å². The first-order valence-electron chi connectivity index (χ1n) is 5.45. The van der Waals surface area contributed by atoms with Crippen LogP contribution in [-0.4, -0.2) is 17.9 Å². The van der Waals surface area contributed by atoms with Gasteiger partial charge < -0.3 is 4.74 Å².